The van der Waals surface area contributed by atoms with Gasteiger partial charge in [-0.3, -0.25) is 9.78 Å². The molecule has 0 spiro atoms. The van der Waals surface area contributed by atoms with Crippen LogP contribution in [0.4, 0.5) is 10.7 Å². The number of carbonyl (C=O) groups excluding carboxylic acids is 1. The normalized spacial score (nSPS) is 15.3. The SMILES string of the molecule is COC(=O)N1CCN(c2nc3ccccc3c(=O)[nH]2)CC1. The Morgan fingerprint density at radius 1 is 1.24 bits per heavy atom. The van der Waals surface area contributed by atoms with E-state index in [-0.39, 0.29) is 11.7 Å². The second kappa shape index (κ2) is 5.43. The lowest BCUT2D eigenvalue weighted by Crippen LogP contribution is -2.49. The number of methoxy groups -OCH3 is 1. The Morgan fingerprint density at radius 3 is 2.67 bits per heavy atom. The quantitative estimate of drug-likeness (QED) is 0.840. The van der Waals surface area contributed by atoms with Crippen molar-refractivity contribution >= 4 is 22.9 Å². The van der Waals surface area contributed by atoms with E-state index in [1.165, 1.54) is 7.11 Å². The Morgan fingerprint density at radius 2 is 1.95 bits per heavy atom. The van der Waals surface area contributed by atoms with E-state index in [0.717, 1.165) is 0 Å². The lowest BCUT2D eigenvalue weighted by atomic mass is 10.2. The third-order valence-corrected chi connectivity index (χ3v) is 3.61. The number of rotatable bonds is 1. The zero-order valence-corrected chi connectivity index (χ0v) is 11.7. The van der Waals surface area contributed by atoms with Crippen molar-refractivity contribution in [2.45, 2.75) is 0 Å². The topological polar surface area (TPSA) is 78.5 Å². The van der Waals surface area contributed by atoms with E-state index in [4.69, 9.17) is 4.74 Å². The van der Waals surface area contributed by atoms with Crippen molar-refractivity contribution in [1.82, 2.24) is 14.9 Å². The van der Waals surface area contributed by atoms with Gasteiger partial charge in [0.25, 0.3) is 5.56 Å². The largest absolute Gasteiger partial charge is 0.453 e. The predicted molar refractivity (Wildman–Crippen MR) is 78.6 cm³/mol. The smallest absolute Gasteiger partial charge is 0.409 e. The number of hydrogen-bond donors (Lipinski definition) is 1. The average molecular weight is 288 g/mol. The van der Waals surface area contributed by atoms with Gasteiger partial charge in [0.05, 0.1) is 18.0 Å². The van der Waals surface area contributed by atoms with Crippen LogP contribution in [0.3, 0.4) is 0 Å². The Balaban J connectivity index is 1.83. The van der Waals surface area contributed by atoms with Crippen LogP contribution < -0.4 is 10.5 Å². The van der Waals surface area contributed by atoms with Crippen LogP contribution in [-0.4, -0.2) is 54.2 Å². The third kappa shape index (κ3) is 2.54. The first-order valence-corrected chi connectivity index (χ1v) is 6.76. The minimum absolute atomic E-state index is 0.147. The van der Waals surface area contributed by atoms with Crippen molar-refractivity contribution in [1.29, 1.82) is 0 Å². The summed E-state index contributed by atoms with van der Waals surface area (Å²) in [5.74, 6) is 0.545. The summed E-state index contributed by atoms with van der Waals surface area (Å²) in [5, 5.41) is 0.578. The number of carbonyl (C=O) groups is 1. The molecule has 0 radical (unpaired) electrons. The molecule has 110 valence electrons. The monoisotopic (exact) mass is 288 g/mol. The molecular weight excluding hydrogens is 272 g/mol. The van der Waals surface area contributed by atoms with Crippen molar-refractivity contribution in [2.24, 2.45) is 0 Å². The molecule has 0 saturated carbocycles. The van der Waals surface area contributed by atoms with E-state index in [2.05, 4.69) is 9.97 Å². The molecule has 2 heterocycles. The van der Waals surface area contributed by atoms with E-state index in [9.17, 15) is 9.59 Å². The van der Waals surface area contributed by atoms with Gasteiger partial charge >= 0.3 is 6.09 Å². The number of fused-ring (bicyclic) bond motifs is 1. The van der Waals surface area contributed by atoms with Crippen molar-refractivity contribution in [3.63, 3.8) is 0 Å². The molecule has 7 nitrogen and oxygen atoms in total. The molecule has 1 fully saturated rings. The minimum Gasteiger partial charge on any atom is -0.453 e. The Hall–Kier alpha value is -2.57. The molecule has 1 saturated heterocycles. The van der Waals surface area contributed by atoms with Crippen LogP contribution in [0.5, 0.6) is 0 Å². The maximum Gasteiger partial charge on any atom is 0.409 e. The molecule has 1 aliphatic heterocycles. The van der Waals surface area contributed by atoms with Gasteiger partial charge in [-0.2, -0.15) is 0 Å². The summed E-state index contributed by atoms with van der Waals surface area (Å²) in [7, 11) is 1.37. The van der Waals surface area contributed by atoms with Crippen LogP contribution in [-0.2, 0) is 4.74 Å². The molecule has 1 aliphatic rings. The highest BCUT2D eigenvalue weighted by molar-refractivity contribution is 5.78. The summed E-state index contributed by atoms with van der Waals surface area (Å²) >= 11 is 0. The standard InChI is InChI=1S/C14H16N4O3/c1-21-14(20)18-8-6-17(7-9-18)13-15-11-5-3-2-4-10(11)12(19)16-13/h2-5H,6-9H2,1H3,(H,15,16,19). The molecule has 1 amide bonds. The number of piperazine rings is 1. The van der Waals surface area contributed by atoms with Crippen LogP contribution in [0.2, 0.25) is 0 Å². The number of hydrogen-bond acceptors (Lipinski definition) is 5. The van der Waals surface area contributed by atoms with E-state index in [1.54, 1.807) is 11.0 Å². The van der Waals surface area contributed by atoms with E-state index in [1.807, 2.05) is 23.1 Å². The fourth-order valence-corrected chi connectivity index (χ4v) is 2.45. The van der Waals surface area contributed by atoms with Crippen molar-refractivity contribution < 1.29 is 9.53 Å². The van der Waals surface area contributed by atoms with Gasteiger partial charge < -0.3 is 14.5 Å². The first kappa shape index (κ1) is 13.4. The van der Waals surface area contributed by atoms with Gasteiger partial charge in [-0.05, 0) is 12.1 Å². The van der Waals surface area contributed by atoms with Crippen molar-refractivity contribution in [2.75, 3.05) is 38.2 Å². The minimum atomic E-state index is -0.324. The van der Waals surface area contributed by atoms with Crippen LogP contribution in [0.25, 0.3) is 10.9 Å². The van der Waals surface area contributed by atoms with Gasteiger partial charge in [0.1, 0.15) is 0 Å². The number of amides is 1. The van der Waals surface area contributed by atoms with Gasteiger partial charge in [-0.25, -0.2) is 9.78 Å². The van der Waals surface area contributed by atoms with Gasteiger partial charge in [-0.1, -0.05) is 12.1 Å². The average Bonchev–Trinajstić information content (AvgIpc) is 2.54. The maximum absolute atomic E-state index is 12.1. The summed E-state index contributed by atoms with van der Waals surface area (Å²) in [4.78, 5) is 34.4. The van der Waals surface area contributed by atoms with Crippen LogP contribution in [0.1, 0.15) is 0 Å². The summed E-state index contributed by atoms with van der Waals surface area (Å²) in [6.07, 6.45) is -0.324. The number of nitrogens with one attached hydrogen (secondary N) is 1. The highest BCUT2D eigenvalue weighted by atomic mass is 16.5. The summed E-state index contributed by atoms with van der Waals surface area (Å²) in [5.41, 5.74) is 0.526. The molecule has 3 rings (SSSR count). The predicted octanol–water partition coefficient (Wildman–Crippen LogP) is 0.811. The zero-order chi connectivity index (χ0) is 14.8. The van der Waals surface area contributed by atoms with Gasteiger partial charge in [-0.15, -0.1) is 0 Å². The first-order valence-electron chi connectivity index (χ1n) is 6.76. The Bertz CT molecular complexity index is 719. The van der Waals surface area contributed by atoms with Gasteiger partial charge in [0, 0.05) is 26.2 Å². The van der Waals surface area contributed by atoms with E-state index >= 15 is 0 Å². The van der Waals surface area contributed by atoms with Crippen molar-refractivity contribution in [3.05, 3.63) is 34.6 Å². The fraction of sp³-hybridized carbons (Fsp3) is 0.357. The van der Waals surface area contributed by atoms with Crippen LogP contribution in [0, 0.1) is 0 Å². The molecular formula is C14H16N4O3. The second-order valence-electron chi connectivity index (χ2n) is 4.85. The van der Waals surface area contributed by atoms with Gasteiger partial charge in [0.15, 0.2) is 0 Å². The number of nitrogens with zero attached hydrogens (tertiary/aromatic N) is 3. The second-order valence-corrected chi connectivity index (χ2v) is 4.85. The highest BCUT2D eigenvalue weighted by Gasteiger charge is 2.23. The summed E-state index contributed by atoms with van der Waals surface area (Å²) in [6, 6.07) is 7.24. The van der Waals surface area contributed by atoms with Gasteiger partial charge in [0.2, 0.25) is 5.95 Å². The molecule has 7 heteroatoms. The molecule has 0 atom stereocenters. The van der Waals surface area contributed by atoms with Crippen molar-refractivity contribution in [3.8, 4) is 0 Å². The van der Waals surface area contributed by atoms with Crippen LogP contribution >= 0.6 is 0 Å². The molecule has 2 aromatic rings. The third-order valence-electron chi connectivity index (χ3n) is 3.61. The molecule has 1 N–H and O–H groups in total. The number of anilines is 1. The summed E-state index contributed by atoms with van der Waals surface area (Å²) < 4.78 is 4.70. The zero-order valence-electron chi connectivity index (χ0n) is 11.7. The molecule has 1 aromatic heterocycles. The molecule has 0 aliphatic carbocycles. The molecule has 1 aromatic carbocycles. The van der Waals surface area contributed by atoms with E-state index < -0.39 is 0 Å². The molecule has 0 bridgehead atoms. The number of para-hydroxylation sites is 1. The Kier molecular flexibility index (Phi) is 3.47. The maximum atomic E-state index is 12.1. The highest BCUT2D eigenvalue weighted by Crippen LogP contribution is 2.14. The van der Waals surface area contributed by atoms with E-state index in [0.29, 0.717) is 43.0 Å². The number of benzene rings is 1. The fourth-order valence-electron chi connectivity index (χ4n) is 2.45. The number of ether oxygens (including phenoxy) is 1. The first-order chi connectivity index (χ1) is 10.2. The lowest BCUT2D eigenvalue weighted by Gasteiger charge is -2.34. The lowest BCUT2D eigenvalue weighted by molar-refractivity contribution is 0.121. The number of aromatic nitrogens is 2. The van der Waals surface area contributed by atoms with Crippen LogP contribution in [0.15, 0.2) is 29.1 Å². The molecule has 21 heavy (non-hydrogen) atoms. The number of H-pyrrole nitrogens is 1. The Labute approximate surface area is 121 Å². The molecule has 0 unspecified atom stereocenters. The summed E-state index contributed by atoms with van der Waals surface area (Å²) in [6.45, 7) is 2.30. The number of aromatic amines is 1.